The molecule has 1 aromatic heterocycles. The van der Waals surface area contributed by atoms with E-state index in [1.807, 2.05) is 24.4 Å². The summed E-state index contributed by atoms with van der Waals surface area (Å²) in [6.45, 7) is 0. The fraction of sp³-hybridized carbons (Fsp3) is 0. The summed E-state index contributed by atoms with van der Waals surface area (Å²) in [7, 11) is 0. The number of halogens is 2. The highest BCUT2D eigenvalue weighted by molar-refractivity contribution is 9.13. The molecule has 0 N–H and O–H groups in total. The Morgan fingerprint density at radius 2 is 1.79 bits per heavy atom. The SMILES string of the molecule is Brc1ccc(-c2cccnc2)cc1Br. The molecule has 0 amide bonds. The second-order valence-electron chi connectivity index (χ2n) is 2.87. The van der Waals surface area contributed by atoms with Crippen molar-refractivity contribution in [2.24, 2.45) is 0 Å². The van der Waals surface area contributed by atoms with Crippen LogP contribution in [-0.4, -0.2) is 4.98 Å². The van der Waals surface area contributed by atoms with Crippen LogP contribution in [0.1, 0.15) is 0 Å². The lowest BCUT2D eigenvalue weighted by molar-refractivity contribution is 1.33. The zero-order valence-electron chi connectivity index (χ0n) is 7.24. The molecule has 0 saturated carbocycles. The molecule has 1 aromatic carbocycles. The molecular formula is C11H7Br2N. The van der Waals surface area contributed by atoms with Gasteiger partial charge in [0.25, 0.3) is 0 Å². The molecule has 0 aliphatic rings. The number of rotatable bonds is 1. The third-order valence-corrected chi connectivity index (χ3v) is 3.79. The van der Waals surface area contributed by atoms with E-state index in [0.717, 1.165) is 20.1 Å². The second kappa shape index (κ2) is 4.24. The minimum Gasteiger partial charge on any atom is -0.264 e. The summed E-state index contributed by atoms with van der Waals surface area (Å²) in [5.41, 5.74) is 2.29. The summed E-state index contributed by atoms with van der Waals surface area (Å²) in [6, 6.07) is 10.1. The van der Waals surface area contributed by atoms with Crippen LogP contribution in [0.15, 0.2) is 51.7 Å². The van der Waals surface area contributed by atoms with Crippen LogP contribution in [-0.2, 0) is 0 Å². The van der Waals surface area contributed by atoms with Gasteiger partial charge < -0.3 is 0 Å². The molecule has 1 nitrogen and oxygen atoms in total. The number of hydrogen-bond donors (Lipinski definition) is 0. The molecule has 0 unspecified atom stereocenters. The van der Waals surface area contributed by atoms with E-state index in [9.17, 15) is 0 Å². The van der Waals surface area contributed by atoms with Gasteiger partial charge in [-0.1, -0.05) is 12.1 Å². The Labute approximate surface area is 99.4 Å². The van der Waals surface area contributed by atoms with Crippen molar-refractivity contribution in [3.05, 3.63) is 51.7 Å². The second-order valence-corrected chi connectivity index (χ2v) is 4.58. The Morgan fingerprint density at radius 3 is 2.43 bits per heavy atom. The molecule has 3 heteroatoms. The van der Waals surface area contributed by atoms with Crippen molar-refractivity contribution in [2.75, 3.05) is 0 Å². The van der Waals surface area contributed by atoms with Crippen LogP contribution in [0.2, 0.25) is 0 Å². The van der Waals surface area contributed by atoms with Crippen molar-refractivity contribution < 1.29 is 0 Å². The minimum absolute atomic E-state index is 1.05. The van der Waals surface area contributed by atoms with Crippen LogP contribution in [0.25, 0.3) is 11.1 Å². The average Bonchev–Trinajstić information content (AvgIpc) is 2.23. The molecule has 2 aromatic rings. The zero-order valence-corrected chi connectivity index (χ0v) is 10.4. The van der Waals surface area contributed by atoms with Crippen LogP contribution in [0.5, 0.6) is 0 Å². The first-order chi connectivity index (χ1) is 6.77. The third-order valence-electron chi connectivity index (χ3n) is 1.91. The number of pyridine rings is 1. The molecule has 0 bridgehead atoms. The fourth-order valence-electron chi connectivity index (χ4n) is 1.21. The Hall–Kier alpha value is -0.670. The van der Waals surface area contributed by atoms with Gasteiger partial charge in [-0.3, -0.25) is 4.98 Å². The van der Waals surface area contributed by atoms with Gasteiger partial charge in [0.1, 0.15) is 0 Å². The van der Waals surface area contributed by atoms with Crippen molar-refractivity contribution in [2.45, 2.75) is 0 Å². The molecular weight excluding hydrogens is 306 g/mol. The molecule has 0 radical (unpaired) electrons. The molecule has 0 atom stereocenters. The van der Waals surface area contributed by atoms with Gasteiger partial charge in [-0.25, -0.2) is 0 Å². The molecule has 0 spiro atoms. The first-order valence-electron chi connectivity index (χ1n) is 4.13. The summed E-state index contributed by atoms with van der Waals surface area (Å²) in [5, 5.41) is 0. The lowest BCUT2D eigenvalue weighted by Crippen LogP contribution is -1.79. The summed E-state index contributed by atoms with van der Waals surface area (Å²) < 4.78 is 2.11. The van der Waals surface area contributed by atoms with E-state index in [-0.39, 0.29) is 0 Å². The first-order valence-corrected chi connectivity index (χ1v) is 5.71. The maximum atomic E-state index is 4.09. The highest BCUT2D eigenvalue weighted by Gasteiger charge is 2.00. The van der Waals surface area contributed by atoms with E-state index in [4.69, 9.17) is 0 Å². The quantitative estimate of drug-likeness (QED) is 0.766. The smallest absolute Gasteiger partial charge is 0.0346 e. The maximum Gasteiger partial charge on any atom is 0.0346 e. The Kier molecular flexibility index (Phi) is 2.99. The lowest BCUT2D eigenvalue weighted by atomic mass is 10.1. The Morgan fingerprint density at radius 1 is 0.929 bits per heavy atom. The van der Waals surface area contributed by atoms with Gasteiger partial charge in [0, 0.05) is 26.9 Å². The van der Waals surface area contributed by atoms with Crippen molar-refractivity contribution >= 4 is 31.9 Å². The van der Waals surface area contributed by atoms with E-state index in [1.54, 1.807) is 6.20 Å². The third kappa shape index (κ3) is 2.04. The van der Waals surface area contributed by atoms with Crippen LogP contribution >= 0.6 is 31.9 Å². The molecule has 14 heavy (non-hydrogen) atoms. The summed E-state index contributed by atoms with van der Waals surface area (Å²) >= 11 is 6.92. The van der Waals surface area contributed by atoms with Gasteiger partial charge in [0.15, 0.2) is 0 Å². The Balaban J connectivity index is 2.48. The van der Waals surface area contributed by atoms with E-state index in [1.165, 1.54) is 0 Å². The molecule has 2 rings (SSSR count). The predicted molar refractivity (Wildman–Crippen MR) is 65.1 cm³/mol. The van der Waals surface area contributed by atoms with Crippen LogP contribution in [0.4, 0.5) is 0 Å². The maximum absolute atomic E-state index is 4.09. The van der Waals surface area contributed by atoms with E-state index in [2.05, 4.69) is 49.0 Å². The summed E-state index contributed by atoms with van der Waals surface area (Å²) in [5.74, 6) is 0. The predicted octanol–water partition coefficient (Wildman–Crippen LogP) is 4.27. The molecule has 1 heterocycles. The van der Waals surface area contributed by atoms with Crippen molar-refractivity contribution in [3.63, 3.8) is 0 Å². The number of aromatic nitrogens is 1. The highest BCUT2D eigenvalue weighted by atomic mass is 79.9. The van der Waals surface area contributed by atoms with E-state index in [0.29, 0.717) is 0 Å². The first kappa shape index (κ1) is 9.87. The normalized spacial score (nSPS) is 10.1. The standard InChI is InChI=1S/C11H7Br2N/c12-10-4-3-8(6-11(10)13)9-2-1-5-14-7-9/h1-7H. The number of nitrogens with zero attached hydrogens (tertiary/aromatic N) is 1. The number of hydrogen-bond acceptors (Lipinski definition) is 1. The van der Waals surface area contributed by atoms with Crippen LogP contribution in [0, 0.1) is 0 Å². The fourth-order valence-corrected chi connectivity index (χ4v) is 1.83. The van der Waals surface area contributed by atoms with Gasteiger partial charge in [-0.15, -0.1) is 0 Å². The number of benzene rings is 1. The van der Waals surface area contributed by atoms with Gasteiger partial charge in [0.05, 0.1) is 0 Å². The largest absolute Gasteiger partial charge is 0.264 e. The Bertz CT molecular complexity index is 440. The molecule has 0 aliphatic heterocycles. The molecule has 0 aliphatic carbocycles. The van der Waals surface area contributed by atoms with Gasteiger partial charge in [0.2, 0.25) is 0 Å². The van der Waals surface area contributed by atoms with Gasteiger partial charge in [-0.05, 0) is 55.6 Å². The average molecular weight is 313 g/mol. The summed E-state index contributed by atoms with van der Waals surface area (Å²) in [4.78, 5) is 4.09. The van der Waals surface area contributed by atoms with Gasteiger partial charge in [-0.2, -0.15) is 0 Å². The molecule has 70 valence electrons. The van der Waals surface area contributed by atoms with E-state index >= 15 is 0 Å². The topological polar surface area (TPSA) is 12.9 Å². The monoisotopic (exact) mass is 311 g/mol. The highest BCUT2D eigenvalue weighted by Crippen LogP contribution is 2.28. The molecule has 0 saturated heterocycles. The van der Waals surface area contributed by atoms with E-state index < -0.39 is 0 Å². The molecule has 0 fully saturated rings. The van der Waals surface area contributed by atoms with Crippen LogP contribution < -0.4 is 0 Å². The van der Waals surface area contributed by atoms with Gasteiger partial charge >= 0.3 is 0 Å². The van der Waals surface area contributed by atoms with Crippen molar-refractivity contribution in [1.29, 1.82) is 0 Å². The minimum atomic E-state index is 1.05. The zero-order chi connectivity index (χ0) is 9.97. The van der Waals surface area contributed by atoms with Crippen molar-refractivity contribution in [3.8, 4) is 11.1 Å². The summed E-state index contributed by atoms with van der Waals surface area (Å²) in [6.07, 6.45) is 3.63. The van der Waals surface area contributed by atoms with Crippen molar-refractivity contribution in [1.82, 2.24) is 4.98 Å². The lowest BCUT2D eigenvalue weighted by Gasteiger charge is -2.02. The van der Waals surface area contributed by atoms with Crippen LogP contribution in [0.3, 0.4) is 0 Å².